The van der Waals surface area contributed by atoms with Crippen molar-refractivity contribution in [1.29, 1.82) is 0 Å². The Hall–Kier alpha value is -3.70. The van der Waals surface area contributed by atoms with E-state index < -0.39 is 11.5 Å². The van der Waals surface area contributed by atoms with E-state index in [1.807, 2.05) is 0 Å². The van der Waals surface area contributed by atoms with Crippen LogP contribution in [-0.2, 0) is 22.6 Å². The largest absolute Gasteiger partial charge is 0.354 e. The number of hydrogen-bond acceptors (Lipinski definition) is 6. The molecule has 0 radical (unpaired) electrons. The Bertz CT molecular complexity index is 1490. The highest BCUT2D eigenvalue weighted by molar-refractivity contribution is 6.42. The lowest BCUT2D eigenvalue weighted by atomic mass is 9.99. The van der Waals surface area contributed by atoms with E-state index >= 15 is 0 Å². The van der Waals surface area contributed by atoms with Gasteiger partial charge in [0.25, 0.3) is 11.5 Å². The number of halogens is 2. The SMILES string of the molecule is CN1CCNC(=O)C[C@@H]2CN(C(=O)Cc3ccc(Cl)c(Cl)c3)C[C@@H]2n2cc(nn2)Cn2cccc(c2=O)C1=O. The molecule has 13 heteroatoms. The van der Waals surface area contributed by atoms with Crippen molar-refractivity contribution in [3.63, 3.8) is 0 Å². The highest BCUT2D eigenvalue weighted by Gasteiger charge is 2.38. The Morgan fingerprint density at radius 2 is 1.95 bits per heavy atom. The fourth-order valence-corrected chi connectivity index (χ4v) is 5.34. The predicted molar refractivity (Wildman–Crippen MR) is 144 cm³/mol. The molecule has 1 aromatic carbocycles. The number of likely N-dealkylation sites (N-methyl/N-ethyl adjacent to an activating group) is 1. The zero-order valence-corrected chi connectivity index (χ0v) is 22.7. The van der Waals surface area contributed by atoms with Gasteiger partial charge in [-0.25, -0.2) is 4.68 Å². The van der Waals surface area contributed by atoms with E-state index in [9.17, 15) is 19.2 Å². The van der Waals surface area contributed by atoms with Crippen LogP contribution in [0.4, 0.5) is 0 Å². The lowest BCUT2D eigenvalue weighted by molar-refractivity contribution is -0.130. The standard InChI is InChI=1S/C26H27Cl2N7O4/c1-32-8-6-29-23(36)11-17-12-34(24(37)10-16-4-5-20(27)21(28)9-16)15-22(17)35-14-18(30-31-35)13-33-7-2-3-19(25(32)38)26(33)39/h2-5,7,9,14,17,22H,6,8,10-13,15H2,1H3,(H,29,36)/t17-,22+/m1/s1. The molecule has 2 aromatic heterocycles. The second kappa shape index (κ2) is 11.2. The van der Waals surface area contributed by atoms with Crippen molar-refractivity contribution in [2.24, 2.45) is 5.92 Å². The molecule has 1 fully saturated rings. The Labute approximate surface area is 234 Å². The molecule has 5 rings (SSSR count). The zero-order chi connectivity index (χ0) is 27.7. The summed E-state index contributed by atoms with van der Waals surface area (Å²) in [5, 5.41) is 12.2. The molecule has 1 saturated heterocycles. The van der Waals surface area contributed by atoms with Gasteiger partial charge in [0.1, 0.15) is 11.3 Å². The summed E-state index contributed by atoms with van der Waals surface area (Å²) in [5.41, 5.74) is 0.869. The number of fused-ring (bicyclic) bond motifs is 6. The van der Waals surface area contributed by atoms with Gasteiger partial charge in [-0.1, -0.05) is 34.5 Å². The average molecular weight is 572 g/mol. The van der Waals surface area contributed by atoms with Gasteiger partial charge in [-0.2, -0.15) is 0 Å². The van der Waals surface area contributed by atoms with Crippen molar-refractivity contribution in [2.75, 3.05) is 33.2 Å². The van der Waals surface area contributed by atoms with Crippen LogP contribution < -0.4 is 10.9 Å². The predicted octanol–water partition coefficient (Wildman–Crippen LogP) is 1.63. The minimum atomic E-state index is -0.433. The summed E-state index contributed by atoms with van der Waals surface area (Å²) in [4.78, 5) is 55.1. The number of carbonyl (C=O) groups is 3. The molecule has 0 saturated carbocycles. The second-order valence-corrected chi connectivity index (χ2v) is 10.7. The van der Waals surface area contributed by atoms with Crippen LogP contribution in [0.1, 0.15) is 34.1 Å². The van der Waals surface area contributed by atoms with Crippen molar-refractivity contribution in [3.8, 4) is 0 Å². The smallest absolute Gasteiger partial charge is 0.263 e. The first-order chi connectivity index (χ1) is 18.7. The molecule has 0 spiro atoms. The Morgan fingerprint density at radius 3 is 2.74 bits per heavy atom. The van der Waals surface area contributed by atoms with Crippen LogP contribution in [0.15, 0.2) is 47.5 Å². The van der Waals surface area contributed by atoms with Crippen LogP contribution in [-0.4, -0.2) is 80.3 Å². The fraction of sp³-hybridized carbons (Fsp3) is 0.385. The molecule has 1 N–H and O–H groups in total. The second-order valence-electron chi connectivity index (χ2n) is 9.88. The van der Waals surface area contributed by atoms with Gasteiger partial charge in [-0.15, -0.1) is 5.10 Å². The Kier molecular flexibility index (Phi) is 7.72. The Balaban J connectivity index is 1.41. The molecule has 204 valence electrons. The maximum Gasteiger partial charge on any atom is 0.263 e. The zero-order valence-electron chi connectivity index (χ0n) is 21.2. The molecule has 2 atom stereocenters. The minimum absolute atomic E-state index is 0.0396. The molecule has 2 aliphatic rings. The summed E-state index contributed by atoms with van der Waals surface area (Å²) in [6.45, 7) is 1.32. The number of carbonyl (C=O) groups excluding carboxylic acids is 3. The van der Waals surface area contributed by atoms with Gasteiger partial charge in [0.15, 0.2) is 0 Å². The number of nitrogens with one attached hydrogen (secondary N) is 1. The normalized spacial score (nSPS) is 20.1. The topological polar surface area (TPSA) is 122 Å². The van der Waals surface area contributed by atoms with E-state index in [2.05, 4.69) is 15.6 Å². The first-order valence-electron chi connectivity index (χ1n) is 12.5. The molecule has 11 nitrogen and oxygen atoms in total. The number of likely N-dealkylation sites (tertiary alicyclic amines) is 1. The van der Waals surface area contributed by atoms with Gasteiger partial charge >= 0.3 is 0 Å². The van der Waals surface area contributed by atoms with Crippen molar-refractivity contribution < 1.29 is 14.4 Å². The maximum absolute atomic E-state index is 13.2. The summed E-state index contributed by atoms with van der Waals surface area (Å²) in [6.07, 6.45) is 3.64. The van der Waals surface area contributed by atoms with E-state index in [0.717, 1.165) is 5.56 Å². The van der Waals surface area contributed by atoms with Gasteiger partial charge in [0, 0.05) is 51.8 Å². The molecule has 39 heavy (non-hydrogen) atoms. The van der Waals surface area contributed by atoms with Crippen LogP contribution in [0.3, 0.4) is 0 Å². The van der Waals surface area contributed by atoms with Crippen LogP contribution in [0.25, 0.3) is 0 Å². The molecule has 0 unspecified atom stereocenters. The summed E-state index contributed by atoms with van der Waals surface area (Å²) in [6, 6.07) is 7.95. The third kappa shape index (κ3) is 5.84. The fourth-order valence-electron chi connectivity index (χ4n) is 5.02. The highest BCUT2D eigenvalue weighted by atomic mass is 35.5. The summed E-state index contributed by atoms with van der Waals surface area (Å²) < 4.78 is 3.08. The highest BCUT2D eigenvalue weighted by Crippen LogP contribution is 2.31. The molecule has 3 amide bonds. The molecular formula is C26H27Cl2N7O4. The van der Waals surface area contributed by atoms with Crippen LogP contribution in [0.2, 0.25) is 10.0 Å². The lowest BCUT2D eigenvalue weighted by Crippen LogP contribution is -2.39. The van der Waals surface area contributed by atoms with Crippen molar-refractivity contribution in [1.82, 2.24) is 34.7 Å². The number of nitrogens with zero attached hydrogens (tertiary/aromatic N) is 6. The third-order valence-corrected chi connectivity index (χ3v) is 7.88. The molecule has 2 aliphatic heterocycles. The maximum atomic E-state index is 13.2. The summed E-state index contributed by atoms with van der Waals surface area (Å²) >= 11 is 12.1. The first kappa shape index (κ1) is 26.9. The van der Waals surface area contributed by atoms with E-state index in [0.29, 0.717) is 28.8 Å². The van der Waals surface area contributed by atoms with Crippen LogP contribution >= 0.6 is 23.2 Å². The summed E-state index contributed by atoms with van der Waals surface area (Å²) in [7, 11) is 1.59. The molecular weight excluding hydrogens is 545 g/mol. The van der Waals surface area contributed by atoms with Gasteiger partial charge in [0.05, 0.1) is 35.2 Å². The average Bonchev–Trinajstić information content (AvgIpc) is 3.53. The molecule has 4 heterocycles. The van der Waals surface area contributed by atoms with Crippen molar-refractivity contribution >= 4 is 40.9 Å². The number of benzene rings is 1. The third-order valence-electron chi connectivity index (χ3n) is 7.14. The van der Waals surface area contributed by atoms with Crippen LogP contribution in [0, 0.1) is 5.92 Å². The number of rotatable bonds is 2. The van der Waals surface area contributed by atoms with Gasteiger partial charge < -0.3 is 19.7 Å². The number of aromatic nitrogens is 4. The monoisotopic (exact) mass is 571 g/mol. The van der Waals surface area contributed by atoms with E-state index in [1.165, 1.54) is 15.5 Å². The number of pyridine rings is 1. The number of hydrogen-bond donors (Lipinski definition) is 1. The van der Waals surface area contributed by atoms with Gasteiger partial charge in [0.2, 0.25) is 11.8 Å². The number of amides is 3. The van der Waals surface area contributed by atoms with E-state index in [-0.39, 0.29) is 61.8 Å². The minimum Gasteiger partial charge on any atom is -0.354 e. The van der Waals surface area contributed by atoms with Crippen molar-refractivity contribution in [3.05, 3.63) is 79.9 Å². The molecule has 3 aromatic rings. The van der Waals surface area contributed by atoms with Crippen molar-refractivity contribution in [2.45, 2.75) is 25.4 Å². The molecule has 4 bridgehead atoms. The van der Waals surface area contributed by atoms with Gasteiger partial charge in [-0.05, 0) is 29.8 Å². The molecule has 0 aliphatic carbocycles. The van der Waals surface area contributed by atoms with E-state index in [4.69, 9.17) is 23.2 Å². The quantitative estimate of drug-likeness (QED) is 0.498. The first-order valence-corrected chi connectivity index (χ1v) is 13.3. The summed E-state index contributed by atoms with van der Waals surface area (Å²) in [5.74, 6) is -0.933. The van der Waals surface area contributed by atoms with Crippen LogP contribution in [0.5, 0.6) is 0 Å². The Morgan fingerprint density at radius 1 is 1.13 bits per heavy atom. The van der Waals surface area contributed by atoms with Gasteiger partial charge in [-0.3, -0.25) is 19.2 Å². The lowest BCUT2D eigenvalue weighted by Gasteiger charge is -2.20. The van der Waals surface area contributed by atoms with E-state index in [1.54, 1.807) is 53.3 Å².